The molecule has 0 radical (unpaired) electrons. The molecule has 2 N–H and O–H groups in total. The van der Waals surface area contributed by atoms with Crippen molar-refractivity contribution in [1.82, 2.24) is 0 Å². The zero-order valence-electron chi connectivity index (χ0n) is 9.74. The normalized spacial score (nSPS) is 11.6. The largest absolute Gasteiger partial charge is 0.488 e. The number of nitrogen functional groups attached to an aromatic ring is 1. The third-order valence-corrected chi connectivity index (χ3v) is 3.42. The molecule has 0 amide bonds. The molecule has 0 aliphatic heterocycles. The number of benzene rings is 1. The van der Waals surface area contributed by atoms with Crippen LogP contribution < -0.4 is 9.92 Å². The van der Waals surface area contributed by atoms with E-state index in [0.717, 1.165) is 11.1 Å². The lowest BCUT2D eigenvalue weighted by Gasteiger charge is -2.17. The van der Waals surface area contributed by atoms with E-state index in [2.05, 4.69) is 16.8 Å². The van der Waals surface area contributed by atoms with Gasteiger partial charge in [0.05, 0.1) is 0 Å². The first-order chi connectivity index (χ1) is 7.69. The molecule has 96 valence electrons. The number of halogens is 1. The fourth-order valence-electron chi connectivity index (χ4n) is 1.73. The van der Waals surface area contributed by atoms with Crippen LogP contribution in [0, 0.1) is 20.8 Å². The molecular weight excluding hydrogens is 265 g/mol. The Morgan fingerprint density at radius 1 is 1.24 bits per heavy atom. The number of rotatable bonds is 3. The second kappa shape index (κ2) is 4.73. The second-order valence-corrected chi connectivity index (χ2v) is 5.00. The summed E-state index contributed by atoms with van der Waals surface area (Å²) in [6.07, 6.45) is 0. The summed E-state index contributed by atoms with van der Waals surface area (Å²) in [5, 5.41) is 0. The van der Waals surface area contributed by atoms with Gasteiger partial charge in [0, 0.05) is 17.0 Å². The summed E-state index contributed by atoms with van der Waals surface area (Å²) in [7, 11) is -5.06. The third-order valence-electron chi connectivity index (χ3n) is 2.74. The molecule has 0 heterocycles. The van der Waals surface area contributed by atoms with Crippen LogP contribution in [0.3, 0.4) is 0 Å². The van der Waals surface area contributed by atoms with E-state index in [9.17, 15) is 12.3 Å². The van der Waals surface area contributed by atoms with Gasteiger partial charge >= 0.3 is 10.5 Å². The molecule has 0 unspecified atom stereocenters. The van der Waals surface area contributed by atoms with Crippen molar-refractivity contribution < 1.29 is 16.5 Å². The Hall–Kier alpha value is -0.950. The van der Waals surface area contributed by atoms with Crippen molar-refractivity contribution in [2.75, 3.05) is 5.73 Å². The lowest BCUT2D eigenvalue weighted by atomic mass is 9.97. The molecule has 0 spiro atoms. The topological polar surface area (TPSA) is 69.4 Å². The van der Waals surface area contributed by atoms with Gasteiger partial charge in [-0.1, -0.05) is 3.89 Å². The van der Waals surface area contributed by atoms with E-state index < -0.39 is 10.5 Å². The molecule has 0 fully saturated rings. The van der Waals surface area contributed by atoms with Crippen LogP contribution in [0.5, 0.6) is 5.75 Å². The molecule has 4 nitrogen and oxygen atoms in total. The molecule has 0 aromatic heterocycles. The third kappa shape index (κ3) is 2.84. The van der Waals surface area contributed by atoms with Crippen molar-refractivity contribution in [3.8, 4) is 5.75 Å². The van der Waals surface area contributed by atoms with E-state index in [1.54, 1.807) is 20.8 Å². The van der Waals surface area contributed by atoms with Crippen LogP contribution in [-0.4, -0.2) is 8.42 Å². The Balaban J connectivity index is 3.56. The zero-order chi connectivity index (χ0) is 13.4. The van der Waals surface area contributed by atoms with Crippen LogP contribution in [-0.2, 0) is 16.3 Å². The lowest BCUT2D eigenvalue weighted by Crippen LogP contribution is -2.09. The predicted molar refractivity (Wildman–Crippen MR) is 68.4 cm³/mol. The molecule has 0 atom stereocenters. The number of thiol groups is 1. The summed E-state index contributed by atoms with van der Waals surface area (Å²) < 4.78 is 38.0. The number of hydrogen-bond donors (Lipinski definition) is 2. The molecular formula is C10H14FNO3S2. The van der Waals surface area contributed by atoms with E-state index in [1.165, 1.54) is 0 Å². The van der Waals surface area contributed by atoms with Gasteiger partial charge in [-0.3, -0.25) is 0 Å². The Morgan fingerprint density at radius 2 is 1.76 bits per heavy atom. The van der Waals surface area contributed by atoms with Gasteiger partial charge in [-0.2, -0.15) is 21.0 Å². The molecule has 17 heavy (non-hydrogen) atoms. The number of nitrogens with two attached hydrogens (primary N) is 1. The van der Waals surface area contributed by atoms with Gasteiger partial charge < -0.3 is 9.92 Å². The van der Waals surface area contributed by atoms with Gasteiger partial charge in [-0.25, -0.2) is 0 Å². The average molecular weight is 279 g/mol. The first-order valence-electron chi connectivity index (χ1n) is 4.82. The Kier molecular flexibility index (Phi) is 3.93. The molecule has 7 heteroatoms. The average Bonchev–Trinajstić information content (AvgIpc) is 2.21. The Bertz CT molecular complexity index is 555. The van der Waals surface area contributed by atoms with Crippen molar-refractivity contribution in [1.29, 1.82) is 0 Å². The van der Waals surface area contributed by atoms with Crippen molar-refractivity contribution >= 4 is 28.8 Å². The highest BCUT2D eigenvalue weighted by Crippen LogP contribution is 2.36. The van der Waals surface area contributed by atoms with E-state index >= 15 is 0 Å². The van der Waals surface area contributed by atoms with Crippen LogP contribution in [0.15, 0.2) is 0 Å². The van der Waals surface area contributed by atoms with Gasteiger partial charge in [0.25, 0.3) is 0 Å². The molecule has 0 bridgehead atoms. The number of hydrogen-bond acceptors (Lipinski definition) is 5. The van der Waals surface area contributed by atoms with Gasteiger partial charge in [0.2, 0.25) is 0 Å². The van der Waals surface area contributed by atoms with Gasteiger partial charge in [-0.05, 0) is 37.5 Å². The van der Waals surface area contributed by atoms with E-state index in [4.69, 9.17) is 5.73 Å². The minimum Gasteiger partial charge on any atom is -0.398 e. The van der Waals surface area contributed by atoms with Crippen molar-refractivity contribution in [2.45, 2.75) is 26.5 Å². The summed E-state index contributed by atoms with van der Waals surface area (Å²) in [5.41, 5.74) is 8.69. The van der Waals surface area contributed by atoms with Gasteiger partial charge in [0.1, 0.15) is 0 Å². The first-order valence-corrected chi connectivity index (χ1v) is 6.76. The Morgan fingerprint density at radius 3 is 2.18 bits per heavy atom. The second-order valence-electron chi connectivity index (χ2n) is 3.73. The molecule has 1 aromatic carbocycles. The number of anilines is 1. The van der Waals surface area contributed by atoms with Crippen LogP contribution >= 0.6 is 12.6 Å². The summed E-state index contributed by atoms with van der Waals surface area (Å²) in [5.74, 6) is 0.310. The summed E-state index contributed by atoms with van der Waals surface area (Å²) >= 11 is 4.14. The standard InChI is InChI=1S/C10H14FNO3S2/c1-5-8(4-16)6(2)10(7(3)9(5)12)15-17(11,13)14/h16H,4,12H2,1-3H3. The van der Waals surface area contributed by atoms with E-state index in [1.807, 2.05) is 0 Å². The van der Waals surface area contributed by atoms with Gasteiger partial charge in [-0.15, -0.1) is 0 Å². The van der Waals surface area contributed by atoms with Crippen LogP contribution in [0.1, 0.15) is 22.3 Å². The maximum absolute atomic E-state index is 12.6. The van der Waals surface area contributed by atoms with E-state index in [0.29, 0.717) is 22.6 Å². The van der Waals surface area contributed by atoms with E-state index in [-0.39, 0.29) is 5.75 Å². The minimum absolute atomic E-state index is 0.0559. The SMILES string of the molecule is Cc1c(N)c(C)c(OS(=O)(=O)F)c(C)c1CS. The smallest absolute Gasteiger partial charge is 0.398 e. The minimum atomic E-state index is -5.06. The lowest BCUT2D eigenvalue weighted by molar-refractivity contribution is 0.437. The first kappa shape index (κ1) is 14.1. The summed E-state index contributed by atoms with van der Waals surface area (Å²) in [6.45, 7) is 5.03. The molecule has 1 aromatic rings. The predicted octanol–water partition coefficient (Wildman–Crippen LogP) is 2.22. The van der Waals surface area contributed by atoms with Crippen molar-refractivity contribution in [2.24, 2.45) is 0 Å². The zero-order valence-corrected chi connectivity index (χ0v) is 11.5. The Labute approximate surface area is 106 Å². The highest BCUT2D eigenvalue weighted by Gasteiger charge is 2.20. The molecule has 0 aliphatic carbocycles. The highest BCUT2D eigenvalue weighted by molar-refractivity contribution is 7.81. The fraction of sp³-hybridized carbons (Fsp3) is 0.400. The quantitative estimate of drug-likeness (QED) is 0.505. The maximum atomic E-state index is 12.6. The van der Waals surface area contributed by atoms with Crippen LogP contribution in [0.4, 0.5) is 9.57 Å². The molecule has 0 saturated heterocycles. The molecule has 1 rings (SSSR count). The summed E-state index contributed by atoms with van der Waals surface area (Å²) in [6, 6.07) is 0. The van der Waals surface area contributed by atoms with Crippen molar-refractivity contribution in [3.05, 3.63) is 22.3 Å². The molecule has 0 saturated carbocycles. The van der Waals surface area contributed by atoms with Crippen LogP contribution in [0.2, 0.25) is 0 Å². The fourth-order valence-corrected chi connectivity index (χ4v) is 2.65. The maximum Gasteiger partial charge on any atom is 0.488 e. The monoisotopic (exact) mass is 279 g/mol. The van der Waals surface area contributed by atoms with Gasteiger partial charge in [0.15, 0.2) is 5.75 Å². The summed E-state index contributed by atoms with van der Waals surface area (Å²) in [4.78, 5) is 0. The van der Waals surface area contributed by atoms with Crippen molar-refractivity contribution in [3.63, 3.8) is 0 Å². The van der Waals surface area contributed by atoms with Crippen LogP contribution in [0.25, 0.3) is 0 Å². The highest BCUT2D eigenvalue weighted by atomic mass is 32.3. The molecule has 0 aliphatic rings.